The van der Waals surface area contributed by atoms with Crippen LogP contribution in [0.1, 0.15) is 47.0 Å². The van der Waals surface area contributed by atoms with Crippen molar-refractivity contribution in [2.45, 2.75) is 39.0 Å². The molecule has 0 aliphatic heterocycles. The zero-order valence-corrected chi connectivity index (χ0v) is 15.1. The second-order valence-corrected chi connectivity index (χ2v) is 7.52. The molecule has 2 aromatic rings. The standard InChI is InChI=1S/C19H23N3O2S/c1-2-6-12-9-10-14-15(11-12)25-18(16(14)17(20)23)22-19(24)21-13-7-4-3-5-8-13/h3-5,7-8,12H,2,6,9-11H2,1H3,(H2,20,23)(H2,21,22,24). The summed E-state index contributed by atoms with van der Waals surface area (Å²) in [6, 6.07) is 8.84. The summed E-state index contributed by atoms with van der Waals surface area (Å²) >= 11 is 1.49. The van der Waals surface area contributed by atoms with Crippen molar-refractivity contribution in [3.05, 3.63) is 46.3 Å². The van der Waals surface area contributed by atoms with Crippen LogP contribution in [-0.2, 0) is 12.8 Å². The van der Waals surface area contributed by atoms with Crippen LogP contribution in [0.25, 0.3) is 0 Å². The molecule has 3 rings (SSSR count). The lowest BCUT2D eigenvalue weighted by Gasteiger charge is -2.21. The molecule has 0 radical (unpaired) electrons. The van der Waals surface area contributed by atoms with E-state index in [1.54, 1.807) is 0 Å². The minimum absolute atomic E-state index is 0.364. The molecule has 3 amide bonds. The van der Waals surface area contributed by atoms with E-state index in [2.05, 4.69) is 17.6 Å². The monoisotopic (exact) mass is 357 g/mol. The van der Waals surface area contributed by atoms with E-state index < -0.39 is 5.91 Å². The van der Waals surface area contributed by atoms with Crippen molar-refractivity contribution in [2.24, 2.45) is 11.7 Å². The summed E-state index contributed by atoms with van der Waals surface area (Å²) < 4.78 is 0. The van der Waals surface area contributed by atoms with E-state index in [1.807, 2.05) is 30.3 Å². The van der Waals surface area contributed by atoms with Crippen LogP contribution in [0.2, 0.25) is 0 Å². The largest absolute Gasteiger partial charge is 0.365 e. The quantitative estimate of drug-likeness (QED) is 0.741. The predicted molar refractivity (Wildman–Crippen MR) is 102 cm³/mol. The number of nitrogens with one attached hydrogen (secondary N) is 2. The smallest absolute Gasteiger partial charge is 0.324 e. The van der Waals surface area contributed by atoms with Crippen molar-refractivity contribution in [3.8, 4) is 0 Å². The number of benzene rings is 1. The van der Waals surface area contributed by atoms with E-state index in [1.165, 1.54) is 29.1 Å². The van der Waals surface area contributed by atoms with Crippen LogP contribution in [0.5, 0.6) is 0 Å². The fraction of sp³-hybridized carbons (Fsp3) is 0.368. The first-order valence-corrected chi connectivity index (χ1v) is 9.47. The Hall–Kier alpha value is -2.34. The highest BCUT2D eigenvalue weighted by molar-refractivity contribution is 7.17. The van der Waals surface area contributed by atoms with Gasteiger partial charge in [0, 0.05) is 10.6 Å². The topological polar surface area (TPSA) is 84.2 Å². The molecule has 25 heavy (non-hydrogen) atoms. The number of hydrogen-bond donors (Lipinski definition) is 3. The average molecular weight is 357 g/mol. The molecular formula is C19H23N3O2S. The van der Waals surface area contributed by atoms with Crippen molar-refractivity contribution < 1.29 is 9.59 Å². The first-order chi connectivity index (χ1) is 12.1. The molecule has 0 saturated carbocycles. The second kappa shape index (κ2) is 7.70. The molecule has 1 aromatic heterocycles. The Morgan fingerprint density at radius 3 is 2.68 bits per heavy atom. The van der Waals surface area contributed by atoms with E-state index in [0.717, 1.165) is 24.8 Å². The second-order valence-electron chi connectivity index (χ2n) is 6.41. The van der Waals surface area contributed by atoms with Crippen LogP contribution in [0.15, 0.2) is 30.3 Å². The Morgan fingerprint density at radius 1 is 1.24 bits per heavy atom. The molecule has 0 saturated heterocycles. The van der Waals surface area contributed by atoms with E-state index >= 15 is 0 Å². The van der Waals surface area contributed by atoms with Crippen LogP contribution in [0, 0.1) is 5.92 Å². The van der Waals surface area contributed by atoms with Gasteiger partial charge in [0.25, 0.3) is 5.91 Å². The number of para-hydroxylation sites is 1. The molecular weight excluding hydrogens is 334 g/mol. The highest BCUT2D eigenvalue weighted by Crippen LogP contribution is 2.40. The zero-order valence-electron chi connectivity index (χ0n) is 14.3. The number of carbonyl (C=O) groups excluding carboxylic acids is 2. The van der Waals surface area contributed by atoms with Gasteiger partial charge in [0.15, 0.2) is 0 Å². The summed E-state index contributed by atoms with van der Waals surface area (Å²) in [5.41, 5.74) is 7.81. The molecule has 1 atom stereocenters. The van der Waals surface area contributed by atoms with Gasteiger partial charge in [-0.15, -0.1) is 11.3 Å². The number of hydrogen-bond acceptors (Lipinski definition) is 3. The SMILES string of the molecule is CCCC1CCc2c(sc(NC(=O)Nc3ccccc3)c2C(N)=O)C1. The first kappa shape index (κ1) is 17.5. The van der Waals surface area contributed by atoms with Gasteiger partial charge in [-0.25, -0.2) is 4.79 Å². The lowest BCUT2D eigenvalue weighted by Crippen LogP contribution is -2.22. The van der Waals surface area contributed by atoms with Crippen molar-refractivity contribution in [1.29, 1.82) is 0 Å². The molecule has 1 aliphatic carbocycles. The number of thiophene rings is 1. The summed E-state index contributed by atoms with van der Waals surface area (Å²) in [4.78, 5) is 25.4. The summed E-state index contributed by atoms with van der Waals surface area (Å²) in [5, 5.41) is 6.14. The molecule has 5 nitrogen and oxygen atoms in total. The Kier molecular flexibility index (Phi) is 5.38. The molecule has 1 aromatic carbocycles. The Morgan fingerprint density at radius 2 is 2.00 bits per heavy atom. The van der Waals surface area contributed by atoms with Gasteiger partial charge in [0.05, 0.1) is 5.56 Å². The summed E-state index contributed by atoms with van der Waals surface area (Å²) in [5.74, 6) is 0.185. The lowest BCUT2D eigenvalue weighted by atomic mass is 9.84. The van der Waals surface area contributed by atoms with Crippen LogP contribution < -0.4 is 16.4 Å². The van der Waals surface area contributed by atoms with Crippen LogP contribution in [-0.4, -0.2) is 11.9 Å². The zero-order chi connectivity index (χ0) is 17.8. The number of rotatable bonds is 5. The highest BCUT2D eigenvalue weighted by Gasteiger charge is 2.28. The molecule has 0 spiro atoms. The average Bonchev–Trinajstić information content (AvgIpc) is 2.93. The van der Waals surface area contributed by atoms with Gasteiger partial charge in [0.2, 0.25) is 0 Å². The van der Waals surface area contributed by atoms with Crippen molar-refractivity contribution in [1.82, 2.24) is 0 Å². The summed E-state index contributed by atoms with van der Waals surface area (Å²) in [7, 11) is 0. The van der Waals surface area contributed by atoms with Gasteiger partial charge in [-0.3, -0.25) is 10.1 Å². The minimum Gasteiger partial charge on any atom is -0.365 e. The Bertz CT molecular complexity index is 770. The maximum atomic E-state index is 12.3. The maximum absolute atomic E-state index is 12.3. The van der Waals surface area contributed by atoms with E-state index in [4.69, 9.17) is 5.73 Å². The van der Waals surface area contributed by atoms with Crippen molar-refractivity contribution >= 4 is 34.0 Å². The van der Waals surface area contributed by atoms with Gasteiger partial charge >= 0.3 is 6.03 Å². The van der Waals surface area contributed by atoms with Gasteiger partial charge < -0.3 is 11.1 Å². The Balaban J connectivity index is 1.79. The van der Waals surface area contributed by atoms with Gasteiger partial charge in [0.1, 0.15) is 5.00 Å². The number of urea groups is 1. The molecule has 4 N–H and O–H groups in total. The number of carbonyl (C=O) groups is 2. The first-order valence-electron chi connectivity index (χ1n) is 8.65. The van der Waals surface area contributed by atoms with Gasteiger partial charge in [-0.1, -0.05) is 38.0 Å². The number of primary amides is 1. The van der Waals surface area contributed by atoms with Crippen molar-refractivity contribution in [2.75, 3.05) is 10.6 Å². The van der Waals surface area contributed by atoms with Crippen LogP contribution >= 0.6 is 11.3 Å². The molecule has 1 unspecified atom stereocenters. The number of anilines is 2. The maximum Gasteiger partial charge on any atom is 0.324 e. The van der Waals surface area contributed by atoms with Gasteiger partial charge in [-0.2, -0.15) is 0 Å². The molecule has 6 heteroatoms. The molecule has 132 valence electrons. The van der Waals surface area contributed by atoms with Crippen molar-refractivity contribution in [3.63, 3.8) is 0 Å². The Labute approximate surface area is 151 Å². The number of fused-ring (bicyclic) bond motifs is 1. The van der Waals surface area contributed by atoms with Gasteiger partial charge in [-0.05, 0) is 42.9 Å². The summed E-state index contributed by atoms with van der Waals surface area (Å²) in [6.45, 7) is 2.19. The van der Waals surface area contributed by atoms with E-state index in [0.29, 0.717) is 22.2 Å². The third-order valence-electron chi connectivity index (χ3n) is 4.57. The lowest BCUT2D eigenvalue weighted by molar-refractivity contribution is 0.1000. The molecule has 0 bridgehead atoms. The number of amides is 3. The van der Waals surface area contributed by atoms with Crippen LogP contribution in [0.4, 0.5) is 15.5 Å². The third kappa shape index (κ3) is 4.02. The predicted octanol–water partition coefficient (Wildman–Crippen LogP) is 4.40. The normalized spacial score (nSPS) is 16.1. The highest BCUT2D eigenvalue weighted by atomic mass is 32.1. The van der Waals surface area contributed by atoms with E-state index in [9.17, 15) is 9.59 Å². The molecule has 1 heterocycles. The minimum atomic E-state index is -0.471. The summed E-state index contributed by atoms with van der Waals surface area (Å²) in [6.07, 6.45) is 5.26. The molecule has 1 aliphatic rings. The fourth-order valence-corrected chi connectivity index (χ4v) is 4.81. The number of nitrogens with two attached hydrogens (primary N) is 1. The molecule has 0 fully saturated rings. The van der Waals surface area contributed by atoms with E-state index in [-0.39, 0.29) is 6.03 Å². The van der Waals surface area contributed by atoms with Crippen LogP contribution in [0.3, 0.4) is 0 Å². The fourth-order valence-electron chi connectivity index (χ4n) is 3.44. The third-order valence-corrected chi connectivity index (χ3v) is 5.74.